The molecule has 4 aliphatic carbocycles. The third kappa shape index (κ3) is 3.85. The van der Waals surface area contributed by atoms with Gasteiger partial charge in [0, 0.05) is 6.92 Å². The van der Waals surface area contributed by atoms with Gasteiger partial charge in [-0.25, -0.2) is 0 Å². The normalized spacial score (nSPS) is 32.0. The van der Waals surface area contributed by atoms with E-state index >= 15 is 0 Å². The topological polar surface area (TPSA) is 26.3 Å². The van der Waals surface area contributed by atoms with Gasteiger partial charge in [-0.2, -0.15) is 0 Å². The summed E-state index contributed by atoms with van der Waals surface area (Å²) in [6.45, 7) is 3.59. The average Bonchev–Trinajstić information content (AvgIpc) is 2.58. The summed E-state index contributed by atoms with van der Waals surface area (Å²) in [6, 6.07) is 6.36. The molecule has 0 aliphatic heterocycles. The predicted molar refractivity (Wildman–Crippen MR) is 105 cm³/mol. The summed E-state index contributed by atoms with van der Waals surface area (Å²) in [5.74, 6) is 3.71. The van der Waals surface area contributed by atoms with Crippen LogP contribution in [0, 0.1) is 23.2 Å². The number of unbranched alkanes of at least 4 members (excludes halogenated alkanes) is 1. The summed E-state index contributed by atoms with van der Waals surface area (Å²) in [7, 11) is 0. The van der Waals surface area contributed by atoms with Gasteiger partial charge in [-0.15, -0.1) is 0 Å². The lowest BCUT2D eigenvalue weighted by molar-refractivity contribution is -0.131. The van der Waals surface area contributed by atoms with Gasteiger partial charge in [-0.1, -0.05) is 25.5 Å². The molecule has 4 bridgehead atoms. The molecule has 0 radical (unpaired) electrons. The van der Waals surface area contributed by atoms with Gasteiger partial charge in [0.2, 0.25) is 0 Å². The molecule has 0 atom stereocenters. The highest BCUT2D eigenvalue weighted by molar-refractivity contribution is 5.69. The highest BCUT2D eigenvalue weighted by Gasteiger charge is 2.50. The van der Waals surface area contributed by atoms with E-state index in [-0.39, 0.29) is 5.97 Å². The summed E-state index contributed by atoms with van der Waals surface area (Å²) < 4.78 is 5.32. The summed E-state index contributed by atoms with van der Waals surface area (Å²) in [5, 5.41) is 0. The quantitative estimate of drug-likeness (QED) is 0.336. The predicted octanol–water partition coefficient (Wildman–Crippen LogP) is 6.10. The SMILES string of the molecule is CCc1cc(CCCCC23CC4CC(CC(C4)C2)C3)ccc1OC(C)=O. The second kappa shape index (κ2) is 7.37. The summed E-state index contributed by atoms with van der Waals surface area (Å²) in [6.07, 6.45) is 15.4. The lowest BCUT2D eigenvalue weighted by Crippen LogP contribution is -2.45. The van der Waals surface area contributed by atoms with Crippen LogP contribution in [0.3, 0.4) is 0 Å². The number of ether oxygens (including phenoxy) is 1. The first kappa shape index (κ1) is 18.1. The van der Waals surface area contributed by atoms with E-state index < -0.39 is 0 Å². The Labute approximate surface area is 158 Å². The van der Waals surface area contributed by atoms with E-state index in [2.05, 4.69) is 19.1 Å². The zero-order chi connectivity index (χ0) is 18.1. The highest BCUT2D eigenvalue weighted by atomic mass is 16.5. The van der Waals surface area contributed by atoms with Crippen LogP contribution in [0.2, 0.25) is 0 Å². The molecule has 4 fully saturated rings. The van der Waals surface area contributed by atoms with E-state index in [1.165, 1.54) is 51.0 Å². The van der Waals surface area contributed by atoms with Gasteiger partial charge < -0.3 is 4.74 Å². The molecule has 5 rings (SSSR count). The molecule has 0 unspecified atom stereocenters. The molecule has 0 heterocycles. The molecule has 0 amide bonds. The largest absolute Gasteiger partial charge is 0.426 e. The Bertz CT molecular complexity index is 625. The van der Waals surface area contributed by atoms with E-state index in [4.69, 9.17) is 4.74 Å². The second-order valence-electron chi connectivity index (χ2n) is 9.51. The molecular weight excluding hydrogens is 320 g/mol. The number of esters is 1. The van der Waals surface area contributed by atoms with Crippen LogP contribution < -0.4 is 4.74 Å². The van der Waals surface area contributed by atoms with Crippen LogP contribution in [0.5, 0.6) is 5.75 Å². The van der Waals surface area contributed by atoms with Gasteiger partial charge in [0.15, 0.2) is 0 Å². The van der Waals surface area contributed by atoms with E-state index in [0.717, 1.165) is 47.3 Å². The summed E-state index contributed by atoms with van der Waals surface area (Å²) >= 11 is 0. The maximum absolute atomic E-state index is 11.2. The van der Waals surface area contributed by atoms with Gasteiger partial charge in [0.05, 0.1) is 0 Å². The number of carbonyl (C=O) groups excluding carboxylic acids is 1. The molecule has 2 heteroatoms. The summed E-state index contributed by atoms with van der Waals surface area (Å²) in [5.41, 5.74) is 3.27. The number of hydrogen-bond acceptors (Lipinski definition) is 2. The Balaban J connectivity index is 1.29. The fourth-order valence-electron chi connectivity index (χ4n) is 6.74. The van der Waals surface area contributed by atoms with Crippen LogP contribution in [0.25, 0.3) is 0 Å². The zero-order valence-corrected chi connectivity index (χ0v) is 16.6. The third-order valence-electron chi connectivity index (χ3n) is 7.35. The minimum Gasteiger partial charge on any atom is -0.426 e. The van der Waals surface area contributed by atoms with Crippen molar-refractivity contribution in [3.63, 3.8) is 0 Å². The van der Waals surface area contributed by atoms with Crippen molar-refractivity contribution in [1.82, 2.24) is 0 Å². The monoisotopic (exact) mass is 354 g/mol. The van der Waals surface area contributed by atoms with Gasteiger partial charge in [-0.3, -0.25) is 4.79 Å². The molecule has 1 aromatic carbocycles. The van der Waals surface area contributed by atoms with Crippen molar-refractivity contribution in [1.29, 1.82) is 0 Å². The standard InChI is InChI=1S/C24H34O2/c1-3-22-13-18(7-8-23(22)26-17(2)25)6-4-5-9-24-14-19-10-20(15-24)12-21(11-19)16-24/h7-8,13,19-21H,3-6,9-12,14-16H2,1-2H3. The Kier molecular flexibility index (Phi) is 5.12. The molecule has 142 valence electrons. The smallest absolute Gasteiger partial charge is 0.308 e. The first-order valence-corrected chi connectivity index (χ1v) is 10.9. The second-order valence-corrected chi connectivity index (χ2v) is 9.51. The fourth-order valence-corrected chi connectivity index (χ4v) is 6.74. The Morgan fingerprint density at radius 1 is 1.08 bits per heavy atom. The molecule has 0 N–H and O–H groups in total. The van der Waals surface area contributed by atoms with E-state index in [1.807, 2.05) is 6.07 Å². The Morgan fingerprint density at radius 3 is 2.31 bits per heavy atom. The molecule has 0 spiro atoms. The van der Waals surface area contributed by atoms with Gasteiger partial charge >= 0.3 is 5.97 Å². The molecule has 1 aromatic rings. The van der Waals surface area contributed by atoms with E-state index in [0.29, 0.717) is 0 Å². The van der Waals surface area contributed by atoms with Crippen molar-refractivity contribution in [2.45, 2.75) is 84.5 Å². The lowest BCUT2D eigenvalue weighted by atomic mass is 9.48. The van der Waals surface area contributed by atoms with Crippen LogP contribution in [-0.2, 0) is 17.6 Å². The minimum atomic E-state index is -0.233. The lowest BCUT2D eigenvalue weighted by Gasteiger charge is -2.57. The first-order chi connectivity index (χ1) is 12.5. The molecule has 26 heavy (non-hydrogen) atoms. The van der Waals surface area contributed by atoms with Crippen LogP contribution in [0.1, 0.15) is 82.8 Å². The molecule has 0 saturated heterocycles. The van der Waals surface area contributed by atoms with Gasteiger partial charge in [-0.05, 0) is 105 Å². The van der Waals surface area contributed by atoms with E-state index in [9.17, 15) is 4.79 Å². The minimum absolute atomic E-state index is 0.233. The molecule has 4 aliphatic rings. The molecule has 2 nitrogen and oxygen atoms in total. The van der Waals surface area contributed by atoms with Crippen molar-refractivity contribution in [3.05, 3.63) is 29.3 Å². The van der Waals surface area contributed by atoms with Gasteiger partial charge in [0.1, 0.15) is 5.75 Å². The number of carbonyl (C=O) groups is 1. The molecule has 0 aromatic heterocycles. The third-order valence-corrected chi connectivity index (χ3v) is 7.35. The maximum Gasteiger partial charge on any atom is 0.308 e. The van der Waals surface area contributed by atoms with Crippen LogP contribution >= 0.6 is 0 Å². The Morgan fingerprint density at radius 2 is 1.73 bits per heavy atom. The molecule has 4 saturated carbocycles. The number of hydrogen-bond donors (Lipinski definition) is 0. The zero-order valence-electron chi connectivity index (χ0n) is 16.6. The maximum atomic E-state index is 11.2. The van der Waals surface area contributed by atoms with Crippen LogP contribution in [-0.4, -0.2) is 5.97 Å². The van der Waals surface area contributed by atoms with Crippen molar-refractivity contribution in [2.24, 2.45) is 23.2 Å². The van der Waals surface area contributed by atoms with Crippen molar-refractivity contribution in [3.8, 4) is 5.75 Å². The fraction of sp³-hybridized carbons (Fsp3) is 0.708. The van der Waals surface area contributed by atoms with E-state index in [1.54, 1.807) is 19.3 Å². The van der Waals surface area contributed by atoms with Gasteiger partial charge in [0.25, 0.3) is 0 Å². The van der Waals surface area contributed by atoms with Crippen molar-refractivity contribution >= 4 is 5.97 Å². The first-order valence-electron chi connectivity index (χ1n) is 10.9. The Hall–Kier alpha value is -1.31. The van der Waals surface area contributed by atoms with Crippen LogP contribution in [0.15, 0.2) is 18.2 Å². The number of benzene rings is 1. The average molecular weight is 355 g/mol. The molecular formula is C24H34O2. The van der Waals surface area contributed by atoms with Crippen LogP contribution in [0.4, 0.5) is 0 Å². The van der Waals surface area contributed by atoms with Crippen molar-refractivity contribution < 1.29 is 9.53 Å². The highest BCUT2D eigenvalue weighted by Crippen LogP contribution is 2.61. The number of aryl methyl sites for hydroxylation is 2. The summed E-state index contributed by atoms with van der Waals surface area (Å²) in [4.78, 5) is 11.2. The number of rotatable bonds is 7. The van der Waals surface area contributed by atoms with Crippen molar-refractivity contribution in [2.75, 3.05) is 0 Å².